The van der Waals surface area contributed by atoms with Crippen LogP contribution in [0.1, 0.15) is 29.8 Å². The first kappa shape index (κ1) is 12.2. The number of ether oxygens (including phenoxy) is 1. The maximum atomic E-state index is 11.0. The number of aryl methyl sites for hydroxylation is 1. The summed E-state index contributed by atoms with van der Waals surface area (Å²) in [6.45, 7) is 3.35. The van der Waals surface area contributed by atoms with Crippen molar-refractivity contribution in [1.82, 2.24) is 0 Å². The zero-order valence-electron chi connectivity index (χ0n) is 9.66. The van der Waals surface area contributed by atoms with Crippen LogP contribution in [-0.2, 0) is 11.2 Å². The van der Waals surface area contributed by atoms with E-state index in [4.69, 9.17) is 4.74 Å². The number of hydrogen-bond acceptors (Lipinski definition) is 3. The lowest BCUT2D eigenvalue weighted by atomic mass is 10.0. The minimum atomic E-state index is -0.210. The lowest BCUT2D eigenvalue weighted by Crippen LogP contribution is -2.09. The number of carbonyl (C=O) groups excluding carboxylic acids is 2. The van der Waals surface area contributed by atoms with Crippen LogP contribution in [0.3, 0.4) is 0 Å². The molecule has 0 fully saturated rings. The predicted octanol–water partition coefficient (Wildman–Crippen LogP) is 2.03. The Kier molecular flexibility index (Phi) is 4.05. The fraction of sp³-hybridized carbons (Fsp3) is 0.333. The van der Waals surface area contributed by atoms with Gasteiger partial charge in [0.05, 0.1) is 12.8 Å². The minimum Gasteiger partial charge on any atom is -0.497 e. The Labute approximate surface area is 94.6 Å². The standard InChI is InChI=1S/C12H15NO3/c1-4-9-5-10(16-3)6-12(11(9)7-14)13-8(2)15/h5-7H,4H2,1-3H3,(H,13,15). The molecule has 4 heteroatoms. The number of hydrogen-bond donors (Lipinski definition) is 1. The van der Waals surface area contributed by atoms with E-state index in [0.29, 0.717) is 23.4 Å². The molecular weight excluding hydrogens is 206 g/mol. The lowest BCUT2D eigenvalue weighted by Gasteiger charge is -2.12. The van der Waals surface area contributed by atoms with Crippen LogP contribution in [0.15, 0.2) is 12.1 Å². The van der Waals surface area contributed by atoms with Crippen molar-refractivity contribution in [3.8, 4) is 5.75 Å². The summed E-state index contributed by atoms with van der Waals surface area (Å²) in [4.78, 5) is 22.0. The molecule has 0 heterocycles. The minimum absolute atomic E-state index is 0.210. The van der Waals surface area contributed by atoms with Crippen LogP contribution < -0.4 is 10.1 Å². The van der Waals surface area contributed by atoms with E-state index in [0.717, 1.165) is 11.8 Å². The molecule has 4 nitrogen and oxygen atoms in total. The van der Waals surface area contributed by atoms with Gasteiger partial charge in [0, 0.05) is 18.6 Å². The number of anilines is 1. The molecule has 0 aromatic heterocycles. The molecule has 0 aliphatic rings. The second-order valence-corrected chi connectivity index (χ2v) is 3.40. The van der Waals surface area contributed by atoms with E-state index in [9.17, 15) is 9.59 Å². The van der Waals surface area contributed by atoms with Crippen molar-refractivity contribution in [3.05, 3.63) is 23.3 Å². The zero-order chi connectivity index (χ0) is 12.1. The molecule has 0 bridgehead atoms. The molecule has 1 aromatic rings. The highest BCUT2D eigenvalue weighted by atomic mass is 16.5. The summed E-state index contributed by atoms with van der Waals surface area (Å²) in [7, 11) is 1.55. The van der Waals surface area contributed by atoms with Crippen LogP contribution in [0, 0.1) is 0 Å². The summed E-state index contributed by atoms with van der Waals surface area (Å²) in [5.74, 6) is 0.421. The van der Waals surface area contributed by atoms with Crippen LogP contribution in [-0.4, -0.2) is 19.3 Å². The fourth-order valence-electron chi connectivity index (χ4n) is 1.53. The van der Waals surface area contributed by atoms with Crippen molar-refractivity contribution in [2.24, 2.45) is 0 Å². The normalized spacial score (nSPS) is 9.69. The lowest BCUT2D eigenvalue weighted by molar-refractivity contribution is -0.114. The second-order valence-electron chi connectivity index (χ2n) is 3.40. The highest BCUT2D eigenvalue weighted by molar-refractivity contribution is 5.96. The first-order valence-electron chi connectivity index (χ1n) is 5.06. The van der Waals surface area contributed by atoms with Gasteiger partial charge in [-0.15, -0.1) is 0 Å². The van der Waals surface area contributed by atoms with Gasteiger partial charge in [0.15, 0.2) is 6.29 Å². The molecule has 1 amide bonds. The molecule has 1 N–H and O–H groups in total. The number of nitrogens with one attached hydrogen (secondary N) is 1. The summed E-state index contributed by atoms with van der Waals surface area (Å²) in [6.07, 6.45) is 1.46. The molecule has 0 aliphatic carbocycles. The van der Waals surface area contributed by atoms with Crippen molar-refractivity contribution in [1.29, 1.82) is 0 Å². The van der Waals surface area contributed by atoms with Crippen LogP contribution >= 0.6 is 0 Å². The Bertz CT molecular complexity index is 413. The smallest absolute Gasteiger partial charge is 0.221 e. The Morgan fingerprint density at radius 3 is 2.62 bits per heavy atom. The zero-order valence-corrected chi connectivity index (χ0v) is 9.66. The monoisotopic (exact) mass is 221 g/mol. The number of carbonyl (C=O) groups is 2. The molecule has 1 aromatic carbocycles. The molecule has 0 atom stereocenters. The van der Waals surface area contributed by atoms with Crippen LogP contribution in [0.2, 0.25) is 0 Å². The van der Waals surface area contributed by atoms with E-state index < -0.39 is 0 Å². The van der Waals surface area contributed by atoms with Gasteiger partial charge < -0.3 is 10.1 Å². The van der Waals surface area contributed by atoms with Crippen LogP contribution in [0.5, 0.6) is 5.75 Å². The summed E-state index contributed by atoms with van der Waals surface area (Å²) in [5, 5.41) is 2.62. The maximum absolute atomic E-state index is 11.0. The van der Waals surface area contributed by atoms with E-state index in [2.05, 4.69) is 5.32 Å². The van der Waals surface area contributed by atoms with Crippen molar-refractivity contribution in [3.63, 3.8) is 0 Å². The third kappa shape index (κ3) is 2.59. The quantitative estimate of drug-likeness (QED) is 0.791. The first-order valence-corrected chi connectivity index (χ1v) is 5.06. The molecule has 0 aliphatic heterocycles. The maximum Gasteiger partial charge on any atom is 0.221 e. The molecular formula is C12H15NO3. The Hall–Kier alpha value is -1.84. The van der Waals surface area contributed by atoms with E-state index in [-0.39, 0.29) is 5.91 Å². The molecule has 86 valence electrons. The summed E-state index contributed by atoms with van der Waals surface area (Å²) in [5.41, 5.74) is 1.87. The largest absolute Gasteiger partial charge is 0.497 e. The third-order valence-corrected chi connectivity index (χ3v) is 2.28. The Morgan fingerprint density at radius 1 is 1.50 bits per heavy atom. The van der Waals surface area contributed by atoms with E-state index in [1.165, 1.54) is 6.92 Å². The molecule has 0 radical (unpaired) electrons. The van der Waals surface area contributed by atoms with Gasteiger partial charge in [-0.3, -0.25) is 9.59 Å². The second kappa shape index (κ2) is 5.30. The average molecular weight is 221 g/mol. The predicted molar refractivity (Wildman–Crippen MR) is 62.1 cm³/mol. The third-order valence-electron chi connectivity index (χ3n) is 2.28. The Balaban J connectivity index is 3.30. The topological polar surface area (TPSA) is 55.4 Å². The van der Waals surface area contributed by atoms with Gasteiger partial charge in [-0.05, 0) is 18.1 Å². The van der Waals surface area contributed by atoms with Gasteiger partial charge >= 0.3 is 0 Å². The molecule has 0 saturated carbocycles. The molecule has 16 heavy (non-hydrogen) atoms. The first-order chi connectivity index (χ1) is 7.62. The number of methoxy groups -OCH3 is 1. The highest BCUT2D eigenvalue weighted by Gasteiger charge is 2.10. The average Bonchev–Trinajstić information content (AvgIpc) is 2.27. The fourth-order valence-corrected chi connectivity index (χ4v) is 1.53. The number of rotatable bonds is 4. The molecule has 0 unspecified atom stereocenters. The van der Waals surface area contributed by atoms with E-state index >= 15 is 0 Å². The van der Waals surface area contributed by atoms with Gasteiger partial charge in [-0.1, -0.05) is 6.92 Å². The van der Waals surface area contributed by atoms with Gasteiger partial charge in [-0.2, -0.15) is 0 Å². The van der Waals surface area contributed by atoms with Gasteiger partial charge in [-0.25, -0.2) is 0 Å². The molecule has 0 saturated heterocycles. The summed E-state index contributed by atoms with van der Waals surface area (Å²) < 4.78 is 5.11. The summed E-state index contributed by atoms with van der Waals surface area (Å²) in [6, 6.07) is 3.44. The van der Waals surface area contributed by atoms with Crippen LogP contribution in [0.25, 0.3) is 0 Å². The van der Waals surface area contributed by atoms with Crippen molar-refractivity contribution in [2.75, 3.05) is 12.4 Å². The van der Waals surface area contributed by atoms with E-state index in [1.54, 1.807) is 19.2 Å². The van der Waals surface area contributed by atoms with Gasteiger partial charge in [0.1, 0.15) is 5.75 Å². The summed E-state index contributed by atoms with van der Waals surface area (Å²) >= 11 is 0. The van der Waals surface area contributed by atoms with Gasteiger partial charge in [0.2, 0.25) is 5.91 Å². The van der Waals surface area contributed by atoms with Gasteiger partial charge in [0.25, 0.3) is 0 Å². The number of aldehydes is 1. The Morgan fingerprint density at radius 2 is 2.19 bits per heavy atom. The highest BCUT2D eigenvalue weighted by Crippen LogP contribution is 2.26. The SMILES string of the molecule is CCc1cc(OC)cc(NC(C)=O)c1C=O. The molecule has 1 rings (SSSR count). The number of benzene rings is 1. The van der Waals surface area contributed by atoms with Crippen LogP contribution in [0.4, 0.5) is 5.69 Å². The van der Waals surface area contributed by atoms with Crippen molar-refractivity contribution >= 4 is 17.9 Å². The molecule has 0 spiro atoms. The van der Waals surface area contributed by atoms with Crippen molar-refractivity contribution in [2.45, 2.75) is 20.3 Å². The van der Waals surface area contributed by atoms with E-state index in [1.807, 2.05) is 6.92 Å². The van der Waals surface area contributed by atoms with Crippen molar-refractivity contribution < 1.29 is 14.3 Å². The number of amides is 1.